The van der Waals surface area contributed by atoms with Gasteiger partial charge in [0, 0.05) is 12.1 Å². The zero-order valence-corrected chi connectivity index (χ0v) is 16.0. The quantitative estimate of drug-likeness (QED) is 0.567. The van der Waals surface area contributed by atoms with Crippen LogP contribution in [0.5, 0.6) is 11.5 Å². The van der Waals surface area contributed by atoms with E-state index in [2.05, 4.69) is 22.4 Å². The van der Waals surface area contributed by atoms with Gasteiger partial charge in [0.1, 0.15) is 11.5 Å². The summed E-state index contributed by atoms with van der Waals surface area (Å²) in [5.74, 6) is 1.86. The van der Waals surface area contributed by atoms with Gasteiger partial charge in [0.2, 0.25) is 5.82 Å². The molecule has 3 rings (SSSR count). The standard InChI is InChI=1S/C21H23N3O4/c1-3-4-13-22-21(25)17-7-5-6-8-18(17)27-14-19-23-20(24-28-19)15-9-11-16(26-2)12-10-15/h5-12H,3-4,13-14H2,1-2H3,(H,22,25). The first-order chi connectivity index (χ1) is 13.7. The Bertz CT molecular complexity index is 906. The highest BCUT2D eigenvalue weighted by atomic mass is 16.5. The minimum atomic E-state index is -0.159. The van der Waals surface area contributed by atoms with Gasteiger partial charge in [-0.2, -0.15) is 4.98 Å². The second-order valence-corrected chi connectivity index (χ2v) is 6.13. The van der Waals surface area contributed by atoms with E-state index in [-0.39, 0.29) is 12.5 Å². The van der Waals surface area contributed by atoms with E-state index in [1.54, 1.807) is 25.3 Å². The van der Waals surface area contributed by atoms with Gasteiger partial charge in [-0.1, -0.05) is 30.6 Å². The number of carbonyl (C=O) groups is 1. The minimum Gasteiger partial charge on any atom is -0.497 e. The van der Waals surface area contributed by atoms with Crippen LogP contribution in [0.2, 0.25) is 0 Å². The Morgan fingerprint density at radius 3 is 2.68 bits per heavy atom. The summed E-state index contributed by atoms with van der Waals surface area (Å²) in [5, 5.41) is 6.87. The predicted molar refractivity (Wildman–Crippen MR) is 104 cm³/mol. The zero-order valence-electron chi connectivity index (χ0n) is 16.0. The lowest BCUT2D eigenvalue weighted by Gasteiger charge is -2.10. The molecule has 0 aliphatic carbocycles. The van der Waals surface area contributed by atoms with Gasteiger partial charge in [-0.05, 0) is 42.8 Å². The van der Waals surface area contributed by atoms with Crippen molar-refractivity contribution in [2.45, 2.75) is 26.4 Å². The Hall–Kier alpha value is -3.35. The van der Waals surface area contributed by atoms with E-state index >= 15 is 0 Å². The van der Waals surface area contributed by atoms with Gasteiger partial charge in [-0.3, -0.25) is 4.79 Å². The van der Waals surface area contributed by atoms with E-state index in [1.807, 2.05) is 30.3 Å². The summed E-state index contributed by atoms with van der Waals surface area (Å²) < 4.78 is 16.2. The Labute approximate surface area is 163 Å². The molecule has 0 unspecified atom stereocenters. The molecule has 1 heterocycles. The van der Waals surface area contributed by atoms with E-state index in [0.717, 1.165) is 24.2 Å². The monoisotopic (exact) mass is 381 g/mol. The molecule has 7 nitrogen and oxygen atoms in total. The summed E-state index contributed by atoms with van der Waals surface area (Å²) in [7, 11) is 1.61. The topological polar surface area (TPSA) is 86.5 Å². The lowest BCUT2D eigenvalue weighted by Crippen LogP contribution is -2.24. The van der Waals surface area contributed by atoms with E-state index in [9.17, 15) is 4.79 Å². The van der Waals surface area contributed by atoms with Crippen LogP contribution in [-0.4, -0.2) is 29.7 Å². The number of rotatable bonds is 9. The number of ether oxygens (including phenoxy) is 2. The van der Waals surface area contributed by atoms with Crippen LogP contribution in [0.25, 0.3) is 11.4 Å². The highest BCUT2D eigenvalue weighted by Crippen LogP contribution is 2.22. The summed E-state index contributed by atoms with van der Waals surface area (Å²) >= 11 is 0. The molecule has 146 valence electrons. The molecule has 1 N–H and O–H groups in total. The molecule has 0 spiro atoms. The highest BCUT2D eigenvalue weighted by molar-refractivity contribution is 5.96. The average Bonchev–Trinajstić information content (AvgIpc) is 3.21. The van der Waals surface area contributed by atoms with E-state index in [4.69, 9.17) is 14.0 Å². The number of carbonyl (C=O) groups excluding carboxylic acids is 1. The van der Waals surface area contributed by atoms with E-state index in [1.165, 1.54) is 0 Å². The predicted octanol–water partition coefficient (Wildman–Crippen LogP) is 3.85. The summed E-state index contributed by atoms with van der Waals surface area (Å²) in [6.45, 7) is 2.79. The Kier molecular flexibility index (Phi) is 6.62. The second-order valence-electron chi connectivity index (χ2n) is 6.13. The molecule has 0 saturated heterocycles. The minimum absolute atomic E-state index is 0.0718. The van der Waals surface area contributed by atoms with Crippen LogP contribution in [-0.2, 0) is 6.61 Å². The fraction of sp³-hybridized carbons (Fsp3) is 0.286. The summed E-state index contributed by atoms with van der Waals surface area (Å²) in [6, 6.07) is 14.5. The third-order valence-corrected chi connectivity index (χ3v) is 4.12. The Morgan fingerprint density at radius 2 is 1.93 bits per heavy atom. The molecule has 3 aromatic rings. The van der Waals surface area contributed by atoms with Gasteiger partial charge in [-0.25, -0.2) is 0 Å². The molecule has 7 heteroatoms. The number of methoxy groups -OCH3 is 1. The zero-order chi connectivity index (χ0) is 19.8. The molecule has 2 aromatic carbocycles. The molecule has 0 radical (unpaired) electrons. The number of nitrogens with one attached hydrogen (secondary N) is 1. The first-order valence-electron chi connectivity index (χ1n) is 9.18. The molecular weight excluding hydrogens is 358 g/mol. The van der Waals surface area contributed by atoms with Gasteiger partial charge in [-0.15, -0.1) is 0 Å². The maximum atomic E-state index is 12.3. The highest BCUT2D eigenvalue weighted by Gasteiger charge is 2.14. The van der Waals surface area contributed by atoms with Crippen LogP contribution in [0.4, 0.5) is 0 Å². The first kappa shape index (κ1) is 19.4. The Balaban J connectivity index is 1.64. The number of para-hydroxylation sites is 1. The molecule has 0 aliphatic heterocycles. The summed E-state index contributed by atoms with van der Waals surface area (Å²) in [4.78, 5) is 16.7. The third kappa shape index (κ3) is 4.88. The van der Waals surface area contributed by atoms with Crippen molar-refractivity contribution >= 4 is 5.91 Å². The first-order valence-corrected chi connectivity index (χ1v) is 9.18. The SMILES string of the molecule is CCCCNC(=O)c1ccccc1OCc1nc(-c2ccc(OC)cc2)no1. The van der Waals surface area contributed by atoms with E-state index < -0.39 is 0 Å². The number of benzene rings is 2. The van der Waals surface area contributed by atoms with Crippen LogP contribution < -0.4 is 14.8 Å². The molecule has 1 amide bonds. The Morgan fingerprint density at radius 1 is 1.14 bits per heavy atom. The molecule has 0 saturated carbocycles. The van der Waals surface area contributed by atoms with Crippen LogP contribution in [0.3, 0.4) is 0 Å². The molecule has 0 bridgehead atoms. The molecule has 0 aliphatic rings. The number of aromatic nitrogens is 2. The number of amides is 1. The second kappa shape index (κ2) is 9.55. The van der Waals surface area contributed by atoms with Crippen LogP contribution >= 0.6 is 0 Å². The van der Waals surface area contributed by atoms with Crippen LogP contribution in [0, 0.1) is 0 Å². The number of nitrogens with zero attached hydrogens (tertiary/aromatic N) is 2. The normalized spacial score (nSPS) is 10.5. The number of unbranched alkanes of at least 4 members (excludes halogenated alkanes) is 1. The van der Waals surface area contributed by atoms with Crippen molar-refractivity contribution in [1.82, 2.24) is 15.5 Å². The van der Waals surface area contributed by atoms with E-state index in [0.29, 0.717) is 29.6 Å². The van der Waals surface area contributed by atoms with Crippen molar-refractivity contribution in [3.8, 4) is 22.9 Å². The van der Waals surface area contributed by atoms with Crippen LogP contribution in [0.15, 0.2) is 53.1 Å². The van der Waals surface area contributed by atoms with Gasteiger partial charge < -0.3 is 19.3 Å². The van der Waals surface area contributed by atoms with Crippen molar-refractivity contribution in [2.75, 3.05) is 13.7 Å². The lowest BCUT2D eigenvalue weighted by atomic mass is 10.2. The molecule has 28 heavy (non-hydrogen) atoms. The third-order valence-electron chi connectivity index (χ3n) is 4.12. The smallest absolute Gasteiger partial charge is 0.264 e. The maximum Gasteiger partial charge on any atom is 0.264 e. The summed E-state index contributed by atoms with van der Waals surface area (Å²) in [6.07, 6.45) is 1.96. The van der Waals surface area contributed by atoms with Crippen molar-refractivity contribution in [2.24, 2.45) is 0 Å². The average molecular weight is 381 g/mol. The lowest BCUT2D eigenvalue weighted by molar-refractivity contribution is 0.0947. The number of hydrogen-bond donors (Lipinski definition) is 1. The van der Waals surface area contributed by atoms with Crippen LogP contribution in [0.1, 0.15) is 36.0 Å². The summed E-state index contributed by atoms with van der Waals surface area (Å²) in [5.41, 5.74) is 1.29. The van der Waals surface area contributed by atoms with Crippen molar-refractivity contribution in [1.29, 1.82) is 0 Å². The molecular formula is C21H23N3O4. The molecule has 0 fully saturated rings. The fourth-order valence-electron chi connectivity index (χ4n) is 2.56. The van der Waals surface area contributed by atoms with Gasteiger partial charge in [0.15, 0.2) is 6.61 Å². The van der Waals surface area contributed by atoms with Crippen molar-refractivity contribution in [3.05, 3.63) is 60.0 Å². The maximum absolute atomic E-state index is 12.3. The molecule has 1 aromatic heterocycles. The van der Waals surface area contributed by atoms with Crippen molar-refractivity contribution in [3.63, 3.8) is 0 Å². The number of hydrogen-bond acceptors (Lipinski definition) is 6. The van der Waals surface area contributed by atoms with Gasteiger partial charge >= 0.3 is 0 Å². The van der Waals surface area contributed by atoms with Gasteiger partial charge in [0.25, 0.3) is 11.8 Å². The van der Waals surface area contributed by atoms with Gasteiger partial charge in [0.05, 0.1) is 12.7 Å². The largest absolute Gasteiger partial charge is 0.497 e. The van der Waals surface area contributed by atoms with Crippen molar-refractivity contribution < 1.29 is 18.8 Å². The molecule has 0 atom stereocenters. The fourth-order valence-corrected chi connectivity index (χ4v) is 2.56.